The Morgan fingerprint density at radius 2 is 2.29 bits per heavy atom. The number of rotatable bonds is 2. The largest absolute Gasteiger partial charge is 0.270 e. The van der Waals surface area contributed by atoms with E-state index in [9.17, 15) is 10.1 Å². The first-order chi connectivity index (χ1) is 8.11. The zero-order valence-corrected chi connectivity index (χ0v) is 9.69. The highest BCUT2D eigenvalue weighted by Gasteiger charge is 2.13. The molecule has 6 heteroatoms. The number of nitro benzene ring substituents is 1. The molecular formula is C11H7N3O2S. The van der Waals surface area contributed by atoms with E-state index in [-0.39, 0.29) is 11.3 Å². The van der Waals surface area contributed by atoms with E-state index in [4.69, 9.17) is 5.26 Å². The van der Waals surface area contributed by atoms with Crippen LogP contribution in [0.2, 0.25) is 0 Å². The molecule has 0 unspecified atom stereocenters. The molecular weight excluding hydrogens is 238 g/mol. The van der Waals surface area contributed by atoms with Crippen LogP contribution in [0, 0.1) is 28.4 Å². The van der Waals surface area contributed by atoms with Gasteiger partial charge in [0.2, 0.25) is 0 Å². The molecule has 5 nitrogen and oxygen atoms in total. The summed E-state index contributed by atoms with van der Waals surface area (Å²) in [6.45, 7) is 1.87. The van der Waals surface area contributed by atoms with Gasteiger partial charge in [-0.2, -0.15) is 5.26 Å². The number of hydrogen-bond donors (Lipinski definition) is 0. The van der Waals surface area contributed by atoms with Crippen LogP contribution in [0.5, 0.6) is 0 Å². The van der Waals surface area contributed by atoms with E-state index in [2.05, 4.69) is 4.98 Å². The summed E-state index contributed by atoms with van der Waals surface area (Å²) in [5, 5.41) is 22.3. The Balaban J connectivity index is 2.56. The number of non-ortho nitro benzene ring substituents is 1. The number of nitrogens with zero attached hydrogens (tertiary/aromatic N) is 3. The van der Waals surface area contributed by atoms with Crippen LogP contribution in [0.3, 0.4) is 0 Å². The van der Waals surface area contributed by atoms with E-state index in [0.29, 0.717) is 11.3 Å². The van der Waals surface area contributed by atoms with Crippen molar-refractivity contribution in [3.8, 4) is 17.3 Å². The molecule has 0 radical (unpaired) electrons. The van der Waals surface area contributed by atoms with E-state index in [1.54, 1.807) is 6.07 Å². The summed E-state index contributed by atoms with van der Waals surface area (Å²) >= 11 is 1.47. The van der Waals surface area contributed by atoms with Crippen LogP contribution in [0.25, 0.3) is 11.3 Å². The molecule has 0 bridgehead atoms. The van der Waals surface area contributed by atoms with E-state index >= 15 is 0 Å². The zero-order chi connectivity index (χ0) is 12.4. The zero-order valence-electron chi connectivity index (χ0n) is 8.88. The molecule has 1 heterocycles. The van der Waals surface area contributed by atoms with Gasteiger partial charge in [0.25, 0.3) is 5.69 Å². The third-order valence-electron chi connectivity index (χ3n) is 2.23. The molecule has 1 aromatic carbocycles. The molecule has 0 N–H and O–H groups in total. The van der Waals surface area contributed by atoms with Gasteiger partial charge in [0.1, 0.15) is 6.07 Å². The second kappa shape index (κ2) is 4.31. The summed E-state index contributed by atoms with van der Waals surface area (Å²) in [6, 6.07) is 6.17. The van der Waals surface area contributed by atoms with Crippen LogP contribution in [0.1, 0.15) is 10.6 Å². The first-order valence-electron chi connectivity index (χ1n) is 4.73. The lowest BCUT2D eigenvalue weighted by atomic mass is 10.1. The Hall–Kier alpha value is -2.26. The highest BCUT2D eigenvalue weighted by molar-refractivity contribution is 7.09. The second-order valence-electron chi connectivity index (χ2n) is 3.35. The lowest BCUT2D eigenvalue weighted by Gasteiger charge is -1.99. The van der Waals surface area contributed by atoms with Gasteiger partial charge in [-0.15, -0.1) is 11.3 Å². The monoisotopic (exact) mass is 245 g/mol. The van der Waals surface area contributed by atoms with Crippen LogP contribution in [0.4, 0.5) is 5.69 Å². The number of benzene rings is 1. The smallest absolute Gasteiger partial charge is 0.258 e. The Kier molecular flexibility index (Phi) is 2.85. The van der Waals surface area contributed by atoms with Crippen LogP contribution in [-0.4, -0.2) is 9.91 Å². The number of hydrogen-bond acceptors (Lipinski definition) is 5. The summed E-state index contributed by atoms with van der Waals surface area (Å²) in [6.07, 6.45) is 0. The third kappa shape index (κ3) is 2.14. The van der Waals surface area contributed by atoms with Crippen molar-refractivity contribution in [1.29, 1.82) is 5.26 Å². The quantitative estimate of drug-likeness (QED) is 0.601. The van der Waals surface area contributed by atoms with Gasteiger partial charge in [-0.3, -0.25) is 10.1 Å². The molecule has 0 aliphatic rings. The van der Waals surface area contributed by atoms with Gasteiger partial charge in [0, 0.05) is 23.1 Å². The molecule has 0 aliphatic carbocycles. The summed E-state index contributed by atoms with van der Waals surface area (Å²) in [5.41, 5.74) is 1.49. The Bertz CT molecular complexity index is 628. The molecule has 0 amide bonds. The van der Waals surface area contributed by atoms with Crippen LogP contribution >= 0.6 is 11.3 Å². The maximum absolute atomic E-state index is 10.6. The topological polar surface area (TPSA) is 79.8 Å². The van der Waals surface area contributed by atoms with Crippen molar-refractivity contribution in [2.75, 3.05) is 0 Å². The second-order valence-corrected chi connectivity index (χ2v) is 4.41. The molecule has 0 atom stereocenters. The van der Waals surface area contributed by atoms with Gasteiger partial charge in [0.05, 0.1) is 21.2 Å². The maximum Gasteiger partial charge on any atom is 0.270 e. The molecule has 0 aliphatic heterocycles. The van der Waals surface area contributed by atoms with Crippen LogP contribution < -0.4 is 0 Å². The first-order valence-corrected chi connectivity index (χ1v) is 5.61. The number of aromatic nitrogens is 1. The summed E-state index contributed by atoms with van der Waals surface area (Å²) in [5.74, 6) is 0. The highest BCUT2D eigenvalue weighted by Crippen LogP contribution is 2.27. The van der Waals surface area contributed by atoms with E-state index in [0.717, 1.165) is 5.01 Å². The van der Waals surface area contributed by atoms with Crippen molar-refractivity contribution < 1.29 is 4.92 Å². The van der Waals surface area contributed by atoms with Gasteiger partial charge in [0.15, 0.2) is 0 Å². The van der Waals surface area contributed by atoms with Crippen LogP contribution in [0.15, 0.2) is 23.6 Å². The number of nitro groups is 1. The molecule has 84 valence electrons. The van der Waals surface area contributed by atoms with Crippen LogP contribution in [-0.2, 0) is 0 Å². The first kappa shape index (κ1) is 11.2. The molecule has 2 rings (SSSR count). The molecule has 17 heavy (non-hydrogen) atoms. The fourth-order valence-electron chi connectivity index (χ4n) is 1.45. The Morgan fingerprint density at radius 1 is 1.53 bits per heavy atom. The van der Waals surface area contributed by atoms with Crippen molar-refractivity contribution in [2.45, 2.75) is 6.92 Å². The van der Waals surface area contributed by atoms with Crippen molar-refractivity contribution >= 4 is 17.0 Å². The highest BCUT2D eigenvalue weighted by atomic mass is 32.1. The normalized spacial score (nSPS) is 9.88. The molecule has 2 aromatic rings. The average molecular weight is 245 g/mol. The number of aryl methyl sites for hydroxylation is 1. The molecule has 0 saturated heterocycles. The fraction of sp³-hybridized carbons (Fsp3) is 0.0909. The van der Waals surface area contributed by atoms with Gasteiger partial charge < -0.3 is 0 Å². The minimum atomic E-state index is -0.517. The number of thiazole rings is 1. The van der Waals surface area contributed by atoms with Crippen molar-refractivity contribution in [3.63, 3.8) is 0 Å². The van der Waals surface area contributed by atoms with Gasteiger partial charge in [-0.25, -0.2) is 4.98 Å². The standard InChI is InChI=1S/C11H7N3O2S/c1-7-13-11(6-17-7)10-3-2-9(14(15)16)4-8(10)5-12/h2-4,6H,1H3. The summed E-state index contributed by atoms with van der Waals surface area (Å²) < 4.78 is 0. The van der Waals surface area contributed by atoms with E-state index < -0.39 is 4.92 Å². The summed E-state index contributed by atoms with van der Waals surface area (Å²) in [4.78, 5) is 14.3. The average Bonchev–Trinajstić information content (AvgIpc) is 2.74. The van der Waals surface area contributed by atoms with E-state index in [1.165, 1.54) is 23.5 Å². The lowest BCUT2D eigenvalue weighted by molar-refractivity contribution is -0.384. The molecule has 0 spiro atoms. The molecule has 0 saturated carbocycles. The third-order valence-corrected chi connectivity index (χ3v) is 3.00. The predicted octanol–water partition coefficient (Wildman–Crippen LogP) is 2.90. The SMILES string of the molecule is Cc1nc(-c2ccc([N+](=O)[O-])cc2C#N)cs1. The minimum Gasteiger partial charge on any atom is -0.258 e. The number of nitriles is 1. The van der Waals surface area contributed by atoms with Gasteiger partial charge in [-0.05, 0) is 13.0 Å². The van der Waals surface area contributed by atoms with Crippen molar-refractivity contribution in [2.24, 2.45) is 0 Å². The predicted molar refractivity (Wildman–Crippen MR) is 63.7 cm³/mol. The molecule has 0 fully saturated rings. The van der Waals surface area contributed by atoms with Crippen molar-refractivity contribution in [1.82, 2.24) is 4.98 Å². The Labute approximate surface area is 101 Å². The molecule has 1 aromatic heterocycles. The van der Waals surface area contributed by atoms with Crippen molar-refractivity contribution in [3.05, 3.63) is 44.3 Å². The summed E-state index contributed by atoms with van der Waals surface area (Å²) in [7, 11) is 0. The van der Waals surface area contributed by atoms with E-state index in [1.807, 2.05) is 18.4 Å². The Morgan fingerprint density at radius 3 is 2.82 bits per heavy atom. The fourth-order valence-corrected chi connectivity index (χ4v) is 2.06. The minimum absolute atomic E-state index is 0.0859. The lowest BCUT2D eigenvalue weighted by Crippen LogP contribution is -1.91. The maximum atomic E-state index is 10.6. The van der Waals surface area contributed by atoms with Gasteiger partial charge in [-0.1, -0.05) is 0 Å². The van der Waals surface area contributed by atoms with Gasteiger partial charge >= 0.3 is 0 Å².